The number of hydrogen-bond acceptors (Lipinski definition) is 6. The number of benzene rings is 3. The van der Waals surface area contributed by atoms with Crippen molar-refractivity contribution in [1.82, 2.24) is 0 Å². The molecule has 0 amide bonds. The van der Waals surface area contributed by atoms with Crippen LogP contribution in [-0.2, 0) is 39.2 Å². The number of nitrogens with zero attached hydrogens (tertiary/aromatic N) is 1. The first-order chi connectivity index (χ1) is 17.6. The van der Waals surface area contributed by atoms with Gasteiger partial charge in [0, 0.05) is 41.0 Å². The van der Waals surface area contributed by atoms with E-state index in [-0.39, 0.29) is 17.4 Å². The van der Waals surface area contributed by atoms with Gasteiger partial charge in [-0.05, 0) is 55.4 Å². The number of anilines is 1. The van der Waals surface area contributed by atoms with Crippen LogP contribution in [0, 0.1) is 0 Å². The van der Waals surface area contributed by atoms with Crippen LogP contribution in [0.15, 0.2) is 42.5 Å². The van der Waals surface area contributed by atoms with Gasteiger partial charge in [-0.1, -0.05) is 41.9 Å². The third-order valence-electron chi connectivity index (χ3n) is 7.91. The average molecular weight is 502 g/mol. The van der Waals surface area contributed by atoms with E-state index in [9.17, 15) is 9.59 Å². The Morgan fingerprint density at radius 3 is 2.44 bits per heavy atom. The highest BCUT2D eigenvalue weighted by Gasteiger charge is 2.50. The highest BCUT2D eigenvalue weighted by Crippen LogP contribution is 2.60. The van der Waals surface area contributed by atoms with Crippen LogP contribution in [0.5, 0.6) is 17.2 Å². The molecule has 3 aromatic rings. The van der Waals surface area contributed by atoms with Gasteiger partial charge in [-0.15, -0.1) is 0 Å². The Morgan fingerprint density at radius 1 is 0.889 bits per heavy atom. The summed E-state index contributed by atoms with van der Waals surface area (Å²) in [6.45, 7) is 2.55. The van der Waals surface area contributed by atoms with Crippen LogP contribution in [-0.4, -0.2) is 25.5 Å². The summed E-state index contributed by atoms with van der Waals surface area (Å²) in [4.78, 5) is 26.8. The molecule has 4 heterocycles. The standard InChI is InChI=1S/C29H24ClNO5/c30-24-26-18(10-11-23(33)35-26)15-22-28(24)36-27-20-9-5-13-31-12-4-6-17(25(20)31)14-21(27)29(22,34-16-32)19-7-2-1-3-8-19/h1-3,7-8,14-16H,4-6,9-13H2. The lowest BCUT2D eigenvalue weighted by Crippen LogP contribution is -2.39. The van der Waals surface area contributed by atoms with Crippen LogP contribution in [0.25, 0.3) is 0 Å². The van der Waals surface area contributed by atoms with Gasteiger partial charge in [-0.25, -0.2) is 0 Å². The Labute approximate surface area is 213 Å². The van der Waals surface area contributed by atoms with Gasteiger partial charge in [0.25, 0.3) is 6.47 Å². The van der Waals surface area contributed by atoms with Crippen LogP contribution in [0.3, 0.4) is 0 Å². The lowest BCUT2D eigenvalue weighted by Gasteiger charge is -2.44. The number of hydrogen-bond donors (Lipinski definition) is 0. The van der Waals surface area contributed by atoms with Crippen molar-refractivity contribution in [1.29, 1.82) is 0 Å². The van der Waals surface area contributed by atoms with Gasteiger partial charge in [-0.2, -0.15) is 0 Å². The van der Waals surface area contributed by atoms with Crippen LogP contribution >= 0.6 is 11.6 Å². The first-order valence-electron chi connectivity index (χ1n) is 12.5. The fraction of sp³-hybridized carbons (Fsp3) is 0.310. The van der Waals surface area contributed by atoms with Gasteiger partial charge in [0.1, 0.15) is 10.8 Å². The molecule has 182 valence electrons. The quantitative estimate of drug-likeness (QED) is 0.270. The lowest BCUT2D eigenvalue weighted by atomic mass is 9.74. The molecular weight excluding hydrogens is 478 g/mol. The van der Waals surface area contributed by atoms with Crippen molar-refractivity contribution in [2.75, 3.05) is 18.0 Å². The van der Waals surface area contributed by atoms with Crippen LogP contribution < -0.4 is 14.4 Å². The SMILES string of the molecule is O=COC1(c2ccccc2)c2cc3c(c(Cl)c2Oc2c1cc1c4c2CCCN4CCC1)OC(=O)CC3. The zero-order chi connectivity index (χ0) is 24.4. The highest BCUT2D eigenvalue weighted by molar-refractivity contribution is 6.34. The van der Waals surface area contributed by atoms with Gasteiger partial charge < -0.3 is 19.1 Å². The van der Waals surface area contributed by atoms with Gasteiger partial charge in [-0.3, -0.25) is 9.59 Å². The van der Waals surface area contributed by atoms with Gasteiger partial charge in [0.2, 0.25) is 0 Å². The van der Waals surface area contributed by atoms with Gasteiger partial charge in [0.05, 0.1) is 6.42 Å². The summed E-state index contributed by atoms with van der Waals surface area (Å²) < 4.78 is 18.4. The normalized spacial score (nSPS) is 21.2. The van der Waals surface area contributed by atoms with E-state index >= 15 is 0 Å². The van der Waals surface area contributed by atoms with Crippen molar-refractivity contribution in [3.05, 3.63) is 80.9 Å². The average Bonchev–Trinajstić information content (AvgIpc) is 2.91. The van der Waals surface area contributed by atoms with E-state index in [2.05, 4.69) is 11.0 Å². The van der Waals surface area contributed by atoms with E-state index < -0.39 is 5.60 Å². The molecule has 1 unspecified atom stereocenters. The molecule has 0 fully saturated rings. The Hall–Kier alpha value is -3.51. The zero-order valence-electron chi connectivity index (χ0n) is 19.6. The Balaban J connectivity index is 1.59. The van der Waals surface area contributed by atoms with E-state index in [0.29, 0.717) is 35.7 Å². The molecule has 0 radical (unpaired) electrons. The van der Waals surface area contributed by atoms with E-state index in [1.54, 1.807) is 0 Å². The predicted molar refractivity (Wildman–Crippen MR) is 134 cm³/mol. The third kappa shape index (κ3) is 2.91. The molecule has 0 saturated carbocycles. The van der Waals surface area contributed by atoms with E-state index in [0.717, 1.165) is 61.0 Å². The Morgan fingerprint density at radius 2 is 1.64 bits per heavy atom. The molecule has 0 spiro atoms. The molecule has 0 aliphatic carbocycles. The largest absolute Gasteiger partial charge is 0.454 e. The summed E-state index contributed by atoms with van der Waals surface area (Å²) in [6.07, 6.45) is 4.68. The molecule has 4 aliphatic rings. The maximum Gasteiger partial charge on any atom is 0.311 e. The number of aryl methyl sites for hydroxylation is 2. The number of halogens is 1. The molecule has 0 bridgehead atoms. The minimum absolute atomic E-state index is 0.230. The molecule has 7 rings (SSSR count). The van der Waals surface area contributed by atoms with Crippen LogP contribution in [0.1, 0.15) is 52.6 Å². The molecule has 0 N–H and O–H groups in total. The van der Waals surface area contributed by atoms with Crippen molar-refractivity contribution in [3.8, 4) is 17.2 Å². The van der Waals surface area contributed by atoms with Crippen LogP contribution in [0.2, 0.25) is 5.02 Å². The second kappa shape index (κ2) is 8.00. The minimum Gasteiger partial charge on any atom is -0.454 e. The number of esters is 1. The highest BCUT2D eigenvalue weighted by atomic mass is 35.5. The fourth-order valence-corrected chi connectivity index (χ4v) is 6.73. The zero-order valence-corrected chi connectivity index (χ0v) is 20.4. The molecular formula is C29H24ClNO5. The number of fused-ring (bicyclic) bond motifs is 4. The van der Waals surface area contributed by atoms with Gasteiger partial charge in [0.15, 0.2) is 17.1 Å². The molecule has 3 aromatic carbocycles. The number of carbonyl (C=O) groups excluding carboxylic acids is 2. The van der Waals surface area contributed by atoms with Crippen molar-refractivity contribution >= 4 is 29.7 Å². The van der Waals surface area contributed by atoms with Crippen molar-refractivity contribution in [2.24, 2.45) is 0 Å². The molecule has 0 aromatic heterocycles. The topological polar surface area (TPSA) is 65.1 Å². The van der Waals surface area contributed by atoms with Crippen molar-refractivity contribution in [2.45, 2.75) is 44.1 Å². The molecule has 0 saturated heterocycles. The number of ether oxygens (including phenoxy) is 3. The Bertz CT molecular complexity index is 1430. The monoisotopic (exact) mass is 501 g/mol. The summed E-state index contributed by atoms with van der Waals surface area (Å²) in [5.41, 5.74) is 5.43. The predicted octanol–water partition coefficient (Wildman–Crippen LogP) is 5.46. The summed E-state index contributed by atoms with van der Waals surface area (Å²) >= 11 is 6.92. The molecule has 36 heavy (non-hydrogen) atoms. The number of rotatable bonds is 3. The van der Waals surface area contributed by atoms with Crippen LogP contribution in [0.4, 0.5) is 5.69 Å². The van der Waals surface area contributed by atoms with E-state index in [4.69, 9.17) is 25.8 Å². The smallest absolute Gasteiger partial charge is 0.311 e. The fourth-order valence-electron chi connectivity index (χ4n) is 6.43. The molecule has 4 aliphatic heterocycles. The van der Waals surface area contributed by atoms with E-state index in [1.807, 2.05) is 36.4 Å². The maximum atomic E-state index is 12.2. The second-order valence-electron chi connectivity index (χ2n) is 9.83. The van der Waals surface area contributed by atoms with Gasteiger partial charge >= 0.3 is 5.97 Å². The summed E-state index contributed by atoms with van der Waals surface area (Å²) in [5, 5.41) is 0.230. The molecule has 7 heteroatoms. The summed E-state index contributed by atoms with van der Waals surface area (Å²) in [7, 11) is 0. The lowest BCUT2D eigenvalue weighted by molar-refractivity contribution is -0.138. The first-order valence-corrected chi connectivity index (χ1v) is 12.8. The first kappa shape index (κ1) is 21.7. The molecule has 1 atom stereocenters. The molecule has 6 nitrogen and oxygen atoms in total. The van der Waals surface area contributed by atoms with Crippen molar-refractivity contribution in [3.63, 3.8) is 0 Å². The number of carbonyl (C=O) groups is 2. The third-order valence-corrected chi connectivity index (χ3v) is 8.25. The van der Waals surface area contributed by atoms with Crippen molar-refractivity contribution < 1.29 is 23.8 Å². The minimum atomic E-state index is -1.25. The summed E-state index contributed by atoms with van der Waals surface area (Å²) in [6, 6.07) is 13.8. The Kier molecular flexibility index (Phi) is 4.83. The summed E-state index contributed by atoms with van der Waals surface area (Å²) in [5.74, 6) is 1.06. The van der Waals surface area contributed by atoms with E-state index in [1.165, 1.54) is 11.3 Å². The maximum absolute atomic E-state index is 12.2. The second-order valence-corrected chi connectivity index (χ2v) is 10.2.